The topological polar surface area (TPSA) is 138 Å². The van der Waals surface area contributed by atoms with Gasteiger partial charge in [0, 0.05) is 13.1 Å². The highest BCUT2D eigenvalue weighted by Gasteiger charge is 2.80. The molecule has 4 heterocycles. The molecule has 2 bridgehead atoms. The van der Waals surface area contributed by atoms with Gasteiger partial charge < -0.3 is 24.7 Å². The van der Waals surface area contributed by atoms with Gasteiger partial charge in [-0.1, -0.05) is 30.3 Å². The number of fused-ring (bicyclic) bond motifs is 2. The van der Waals surface area contributed by atoms with Crippen LogP contribution in [0, 0.1) is 17.8 Å². The summed E-state index contributed by atoms with van der Waals surface area (Å²) in [4.78, 5) is 42.8. The number of benzene rings is 1. The summed E-state index contributed by atoms with van der Waals surface area (Å²) in [7, 11) is 0. The maximum absolute atomic E-state index is 14.2. The SMILES string of the molecule is C=CCN(Cn1nnc2ccccc21)C(=O)C1N(CCO)C(=O)[C@@H]2[C@@H](C(=O)O)[C@]3(C)OC12CC3C. The fourth-order valence-corrected chi connectivity index (χ4v) is 6.47. The van der Waals surface area contributed by atoms with E-state index in [-0.39, 0.29) is 32.3 Å². The number of nitrogens with zero attached hydrogens (tertiary/aromatic N) is 5. The Morgan fingerprint density at radius 2 is 2.11 bits per heavy atom. The summed E-state index contributed by atoms with van der Waals surface area (Å²) >= 11 is 0. The summed E-state index contributed by atoms with van der Waals surface area (Å²) in [6.45, 7) is 7.15. The van der Waals surface area contributed by atoms with Crippen molar-refractivity contribution in [3.8, 4) is 0 Å². The van der Waals surface area contributed by atoms with Crippen molar-refractivity contribution >= 4 is 28.8 Å². The van der Waals surface area contributed by atoms with Gasteiger partial charge >= 0.3 is 5.97 Å². The smallest absolute Gasteiger partial charge is 0.310 e. The quantitative estimate of drug-likeness (QED) is 0.518. The first kappa shape index (κ1) is 23.4. The first-order valence-electron chi connectivity index (χ1n) is 11.7. The van der Waals surface area contributed by atoms with Crippen molar-refractivity contribution in [1.29, 1.82) is 0 Å². The number of amides is 2. The summed E-state index contributed by atoms with van der Waals surface area (Å²) in [5.74, 6) is -4.25. The van der Waals surface area contributed by atoms with Crippen LogP contribution in [0.1, 0.15) is 20.3 Å². The number of ether oxygens (including phenoxy) is 1. The fourth-order valence-electron chi connectivity index (χ4n) is 6.47. The average Bonchev–Trinajstić information content (AvgIpc) is 3.48. The molecular weight excluding hydrogens is 454 g/mol. The number of aliphatic carboxylic acids is 1. The Bertz CT molecular complexity index is 1210. The average molecular weight is 484 g/mol. The largest absolute Gasteiger partial charge is 0.481 e. The minimum absolute atomic E-state index is 0.0545. The lowest BCUT2D eigenvalue weighted by Crippen LogP contribution is -2.57. The molecule has 0 aliphatic carbocycles. The van der Waals surface area contributed by atoms with Crippen molar-refractivity contribution in [3.63, 3.8) is 0 Å². The molecule has 11 nitrogen and oxygen atoms in total. The van der Waals surface area contributed by atoms with E-state index in [9.17, 15) is 24.6 Å². The first-order chi connectivity index (χ1) is 16.7. The summed E-state index contributed by atoms with van der Waals surface area (Å²) in [5, 5.41) is 28.1. The van der Waals surface area contributed by atoms with E-state index in [1.807, 2.05) is 31.2 Å². The van der Waals surface area contributed by atoms with Crippen LogP contribution >= 0.6 is 0 Å². The predicted molar refractivity (Wildman–Crippen MR) is 123 cm³/mol. The number of carboxylic acid groups (broad SMARTS) is 1. The van der Waals surface area contributed by atoms with Gasteiger partial charge in [-0.3, -0.25) is 14.4 Å². The summed E-state index contributed by atoms with van der Waals surface area (Å²) in [5.41, 5.74) is -0.935. The second-order valence-electron chi connectivity index (χ2n) is 9.87. The molecule has 11 heteroatoms. The van der Waals surface area contributed by atoms with Crippen molar-refractivity contribution in [2.45, 2.75) is 44.2 Å². The third-order valence-corrected chi connectivity index (χ3v) is 8.04. The molecule has 3 unspecified atom stereocenters. The van der Waals surface area contributed by atoms with Crippen LogP contribution in [0.25, 0.3) is 11.0 Å². The van der Waals surface area contributed by atoms with Crippen LogP contribution in [0.2, 0.25) is 0 Å². The summed E-state index contributed by atoms with van der Waals surface area (Å²) in [6.07, 6.45) is 1.95. The molecule has 0 radical (unpaired) electrons. The van der Waals surface area contributed by atoms with Gasteiger partial charge in [0.25, 0.3) is 0 Å². The van der Waals surface area contributed by atoms with Gasteiger partial charge in [0.15, 0.2) is 0 Å². The number of β-amino-alcohol motifs (C(OH)–C–C–N with tert-alkyl or cyclic N) is 1. The summed E-state index contributed by atoms with van der Waals surface area (Å²) < 4.78 is 8.03. The van der Waals surface area contributed by atoms with Gasteiger partial charge in [-0.2, -0.15) is 0 Å². The third kappa shape index (κ3) is 3.14. The molecule has 2 N–H and O–H groups in total. The Hall–Kier alpha value is -3.31. The monoisotopic (exact) mass is 483 g/mol. The molecule has 3 aliphatic heterocycles. The normalized spacial score (nSPS) is 33.3. The molecule has 2 aromatic rings. The number of aliphatic hydroxyl groups excluding tert-OH is 1. The third-order valence-electron chi connectivity index (χ3n) is 8.04. The van der Waals surface area contributed by atoms with Crippen LogP contribution in [-0.4, -0.2) is 89.7 Å². The highest BCUT2D eigenvalue weighted by atomic mass is 16.5. The lowest BCUT2D eigenvalue weighted by Gasteiger charge is -2.37. The lowest BCUT2D eigenvalue weighted by atomic mass is 9.62. The predicted octanol–water partition coefficient (Wildman–Crippen LogP) is 0.491. The second-order valence-corrected chi connectivity index (χ2v) is 9.87. The molecule has 35 heavy (non-hydrogen) atoms. The van der Waals surface area contributed by atoms with Gasteiger partial charge in [-0.25, -0.2) is 4.68 Å². The van der Waals surface area contributed by atoms with E-state index < -0.39 is 46.9 Å². The van der Waals surface area contributed by atoms with E-state index in [0.717, 1.165) is 5.52 Å². The molecule has 1 spiro atoms. The minimum atomic E-state index is -1.29. The molecule has 0 saturated carbocycles. The number of aromatic nitrogens is 3. The molecule has 1 aromatic carbocycles. The molecule has 2 amide bonds. The minimum Gasteiger partial charge on any atom is -0.481 e. The zero-order chi connectivity index (χ0) is 25.1. The number of rotatable bonds is 8. The Labute approximate surface area is 201 Å². The standard InChI is InChI=1S/C24H29N5O6/c1-4-9-27(13-29-16-8-6-5-7-15(16)25-26-29)21(32)19-24-12-14(2)23(3,35-24)18(22(33)34)17(24)20(31)28(19)10-11-30/h4-8,14,17-19,30H,1,9-13H2,2-3H3,(H,33,34)/t14?,17-,18-,19?,23+,24?/m0/s1. The van der Waals surface area contributed by atoms with Crippen LogP contribution in [0.5, 0.6) is 0 Å². The zero-order valence-electron chi connectivity index (χ0n) is 19.7. The fraction of sp³-hybridized carbons (Fsp3) is 0.542. The van der Waals surface area contributed by atoms with E-state index >= 15 is 0 Å². The van der Waals surface area contributed by atoms with Gasteiger partial charge in [-0.15, -0.1) is 11.7 Å². The first-order valence-corrected chi connectivity index (χ1v) is 11.7. The highest BCUT2D eigenvalue weighted by molar-refractivity contribution is 5.98. The van der Waals surface area contributed by atoms with Crippen molar-refractivity contribution in [1.82, 2.24) is 24.8 Å². The Kier molecular flexibility index (Phi) is 5.44. The number of carbonyl (C=O) groups is 3. The van der Waals surface area contributed by atoms with E-state index in [2.05, 4.69) is 16.9 Å². The molecule has 5 rings (SSSR count). The van der Waals surface area contributed by atoms with Gasteiger partial charge in [-0.05, 0) is 31.4 Å². The van der Waals surface area contributed by atoms with Gasteiger partial charge in [0.05, 0.1) is 23.6 Å². The Morgan fingerprint density at radius 3 is 2.80 bits per heavy atom. The molecular formula is C24H29N5O6. The van der Waals surface area contributed by atoms with Crippen molar-refractivity contribution in [3.05, 3.63) is 36.9 Å². The van der Waals surface area contributed by atoms with Gasteiger partial charge in [0.2, 0.25) is 11.8 Å². The number of carbonyl (C=O) groups excluding carboxylic acids is 2. The maximum atomic E-state index is 14.2. The number of hydrogen-bond donors (Lipinski definition) is 2. The highest BCUT2D eigenvalue weighted by Crippen LogP contribution is 2.65. The van der Waals surface area contributed by atoms with Crippen molar-refractivity contribution in [2.75, 3.05) is 19.7 Å². The Morgan fingerprint density at radius 1 is 1.37 bits per heavy atom. The lowest BCUT2D eigenvalue weighted by molar-refractivity contribution is -0.158. The van der Waals surface area contributed by atoms with Crippen LogP contribution in [-0.2, 0) is 25.8 Å². The number of hydrogen-bond acceptors (Lipinski definition) is 7. The Balaban J connectivity index is 1.56. The molecule has 186 valence electrons. The second kappa shape index (κ2) is 8.13. The molecule has 6 atom stereocenters. The van der Waals surface area contributed by atoms with E-state index in [1.165, 1.54) is 9.80 Å². The number of aliphatic hydroxyl groups is 1. The molecule has 3 aliphatic rings. The van der Waals surface area contributed by atoms with Crippen LogP contribution in [0.3, 0.4) is 0 Å². The van der Waals surface area contributed by atoms with E-state index in [1.54, 1.807) is 17.7 Å². The summed E-state index contributed by atoms with van der Waals surface area (Å²) in [6, 6.07) is 6.29. The molecule has 1 aromatic heterocycles. The van der Waals surface area contributed by atoms with Crippen LogP contribution in [0.4, 0.5) is 0 Å². The number of likely N-dealkylation sites (tertiary alicyclic amines) is 1. The van der Waals surface area contributed by atoms with E-state index in [4.69, 9.17) is 4.74 Å². The van der Waals surface area contributed by atoms with Crippen LogP contribution in [0.15, 0.2) is 36.9 Å². The molecule has 3 saturated heterocycles. The van der Waals surface area contributed by atoms with Crippen molar-refractivity contribution in [2.24, 2.45) is 17.8 Å². The number of para-hydroxylation sites is 1. The number of carboxylic acids is 1. The molecule has 3 fully saturated rings. The van der Waals surface area contributed by atoms with E-state index in [0.29, 0.717) is 11.9 Å². The zero-order valence-corrected chi connectivity index (χ0v) is 19.7. The van der Waals surface area contributed by atoms with Crippen LogP contribution < -0.4 is 0 Å². The maximum Gasteiger partial charge on any atom is 0.310 e. The van der Waals surface area contributed by atoms with Crippen molar-refractivity contribution < 1.29 is 29.3 Å². The van der Waals surface area contributed by atoms with Gasteiger partial charge in [0.1, 0.15) is 29.7 Å².